The maximum Gasteiger partial charge on any atom is 0.222 e. The third-order valence-electron chi connectivity index (χ3n) is 2.68. The first-order valence-electron chi connectivity index (χ1n) is 5.44. The van der Waals surface area contributed by atoms with E-state index >= 15 is 0 Å². The van der Waals surface area contributed by atoms with Crippen molar-refractivity contribution in [2.75, 3.05) is 13.1 Å². The van der Waals surface area contributed by atoms with E-state index in [-0.39, 0.29) is 0 Å². The van der Waals surface area contributed by atoms with Crippen molar-refractivity contribution in [3.8, 4) is 0 Å². The summed E-state index contributed by atoms with van der Waals surface area (Å²) in [7, 11) is 0. The summed E-state index contributed by atoms with van der Waals surface area (Å²) in [5, 5.41) is 3.12. The lowest BCUT2D eigenvalue weighted by Gasteiger charge is -2.14. The normalized spacial score (nSPS) is 15.9. The quantitative estimate of drug-likeness (QED) is 0.787. The summed E-state index contributed by atoms with van der Waals surface area (Å²) >= 11 is 1.65. The first kappa shape index (κ1) is 10.6. The van der Waals surface area contributed by atoms with E-state index in [0.717, 1.165) is 30.2 Å². The first-order chi connectivity index (χ1) is 7.25. The van der Waals surface area contributed by atoms with Gasteiger partial charge < -0.3 is 4.90 Å². The lowest BCUT2D eigenvalue weighted by molar-refractivity contribution is -0.130. The Bertz CT molecular complexity index is 342. The van der Waals surface area contributed by atoms with Crippen LogP contribution in [-0.2, 0) is 11.2 Å². The molecule has 1 aromatic rings. The predicted octanol–water partition coefficient (Wildman–Crippen LogP) is 2.01. The molecule has 15 heavy (non-hydrogen) atoms. The second kappa shape index (κ2) is 4.75. The van der Waals surface area contributed by atoms with Crippen LogP contribution in [0.25, 0.3) is 0 Å². The first-order valence-corrected chi connectivity index (χ1v) is 6.32. The van der Waals surface area contributed by atoms with Gasteiger partial charge in [-0.2, -0.15) is 0 Å². The molecule has 4 heteroatoms. The van der Waals surface area contributed by atoms with E-state index in [0.29, 0.717) is 12.3 Å². The number of thiazole rings is 1. The molecule has 0 aromatic carbocycles. The number of aryl methyl sites for hydroxylation is 2. The minimum Gasteiger partial charge on any atom is -0.343 e. The van der Waals surface area contributed by atoms with E-state index in [9.17, 15) is 4.79 Å². The molecule has 0 atom stereocenters. The molecule has 1 saturated heterocycles. The third kappa shape index (κ3) is 2.78. The largest absolute Gasteiger partial charge is 0.343 e. The molecule has 1 aliphatic heterocycles. The highest BCUT2D eigenvalue weighted by atomic mass is 32.1. The van der Waals surface area contributed by atoms with Crippen LogP contribution in [0.5, 0.6) is 0 Å². The maximum atomic E-state index is 11.7. The number of rotatable bonds is 3. The Labute approximate surface area is 94.1 Å². The Morgan fingerprint density at radius 3 is 2.87 bits per heavy atom. The number of aromatic nitrogens is 1. The fourth-order valence-electron chi connectivity index (χ4n) is 1.86. The van der Waals surface area contributed by atoms with Crippen molar-refractivity contribution in [1.82, 2.24) is 9.88 Å². The van der Waals surface area contributed by atoms with Crippen LogP contribution in [0.2, 0.25) is 0 Å². The lowest BCUT2D eigenvalue weighted by atomic mass is 10.3. The number of carbonyl (C=O) groups excluding carboxylic acids is 1. The lowest BCUT2D eigenvalue weighted by Crippen LogP contribution is -2.27. The maximum absolute atomic E-state index is 11.7. The zero-order valence-corrected chi connectivity index (χ0v) is 9.85. The van der Waals surface area contributed by atoms with Crippen molar-refractivity contribution >= 4 is 17.2 Å². The van der Waals surface area contributed by atoms with Crippen LogP contribution in [0.3, 0.4) is 0 Å². The van der Waals surface area contributed by atoms with Crippen molar-refractivity contribution < 1.29 is 4.79 Å². The molecular weight excluding hydrogens is 208 g/mol. The van der Waals surface area contributed by atoms with Crippen molar-refractivity contribution in [3.63, 3.8) is 0 Å². The minimum absolute atomic E-state index is 0.292. The number of carbonyl (C=O) groups is 1. The summed E-state index contributed by atoms with van der Waals surface area (Å²) in [5.41, 5.74) is 1.06. The monoisotopic (exact) mass is 224 g/mol. The Balaban J connectivity index is 1.80. The fraction of sp³-hybridized carbons (Fsp3) is 0.636. The second-order valence-corrected chi connectivity index (χ2v) is 4.91. The van der Waals surface area contributed by atoms with Gasteiger partial charge >= 0.3 is 0 Å². The number of amides is 1. The van der Waals surface area contributed by atoms with Crippen LogP contribution in [0.4, 0.5) is 0 Å². The van der Waals surface area contributed by atoms with Crippen LogP contribution in [0.15, 0.2) is 5.38 Å². The molecule has 0 radical (unpaired) electrons. The molecular formula is C11H16N2OS. The summed E-state index contributed by atoms with van der Waals surface area (Å²) in [5.74, 6) is 0.292. The van der Waals surface area contributed by atoms with Crippen LogP contribution in [-0.4, -0.2) is 28.9 Å². The highest BCUT2D eigenvalue weighted by Crippen LogP contribution is 2.13. The molecule has 2 heterocycles. The van der Waals surface area contributed by atoms with Gasteiger partial charge in [0.15, 0.2) is 0 Å². The molecule has 0 aliphatic carbocycles. The van der Waals surface area contributed by atoms with Gasteiger partial charge in [0.2, 0.25) is 5.91 Å². The van der Waals surface area contributed by atoms with E-state index < -0.39 is 0 Å². The molecule has 1 aromatic heterocycles. The average Bonchev–Trinajstić information content (AvgIpc) is 2.84. The average molecular weight is 224 g/mol. The Morgan fingerprint density at radius 1 is 1.53 bits per heavy atom. The van der Waals surface area contributed by atoms with E-state index in [2.05, 4.69) is 4.98 Å². The minimum atomic E-state index is 0.292. The molecule has 0 N–H and O–H groups in total. The van der Waals surface area contributed by atoms with Gasteiger partial charge in [0.25, 0.3) is 0 Å². The zero-order valence-electron chi connectivity index (χ0n) is 9.03. The van der Waals surface area contributed by atoms with Gasteiger partial charge in [-0.1, -0.05) is 0 Å². The number of nitrogens with zero attached hydrogens (tertiary/aromatic N) is 2. The van der Waals surface area contributed by atoms with E-state index in [1.807, 2.05) is 17.2 Å². The van der Waals surface area contributed by atoms with E-state index in [1.54, 1.807) is 11.3 Å². The number of hydrogen-bond donors (Lipinski definition) is 0. The molecule has 1 aliphatic rings. The van der Waals surface area contributed by atoms with Gasteiger partial charge in [-0.05, 0) is 19.8 Å². The predicted molar refractivity (Wildman–Crippen MR) is 61.0 cm³/mol. The highest BCUT2D eigenvalue weighted by molar-refractivity contribution is 7.09. The molecule has 0 saturated carbocycles. The molecule has 0 unspecified atom stereocenters. The summed E-state index contributed by atoms with van der Waals surface area (Å²) in [6.07, 6.45) is 3.75. The molecule has 2 rings (SSSR count). The number of hydrogen-bond acceptors (Lipinski definition) is 3. The second-order valence-electron chi connectivity index (χ2n) is 3.97. The van der Waals surface area contributed by atoms with Crippen LogP contribution < -0.4 is 0 Å². The Morgan fingerprint density at radius 2 is 2.27 bits per heavy atom. The number of likely N-dealkylation sites (tertiary alicyclic amines) is 1. The van der Waals surface area contributed by atoms with Crippen molar-refractivity contribution in [2.45, 2.75) is 32.6 Å². The topological polar surface area (TPSA) is 33.2 Å². The van der Waals surface area contributed by atoms with Crippen LogP contribution in [0.1, 0.15) is 30.0 Å². The van der Waals surface area contributed by atoms with Gasteiger partial charge in [0, 0.05) is 37.0 Å². The van der Waals surface area contributed by atoms with E-state index in [1.165, 1.54) is 12.8 Å². The van der Waals surface area contributed by atoms with Gasteiger partial charge in [0.05, 0.1) is 5.01 Å². The summed E-state index contributed by atoms with van der Waals surface area (Å²) in [4.78, 5) is 18.1. The zero-order chi connectivity index (χ0) is 10.7. The van der Waals surface area contributed by atoms with Gasteiger partial charge in [-0.3, -0.25) is 4.79 Å². The van der Waals surface area contributed by atoms with Crippen molar-refractivity contribution in [2.24, 2.45) is 0 Å². The van der Waals surface area contributed by atoms with Crippen molar-refractivity contribution in [1.29, 1.82) is 0 Å². The third-order valence-corrected chi connectivity index (χ3v) is 3.70. The fourth-order valence-corrected chi connectivity index (χ4v) is 2.63. The van der Waals surface area contributed by atoms with Crippen LogP contribution >= 0.6 is 11.3 Å². The molecule has 1 amide bonds. The molecule has 0 bridgehead atoms. The summed E-state index contributed by atoms with van der Waals surface area (Å²) < 4.78 is 0. The smallest absolute Gasteiger partial charge is 0.222 e. The van der Waals surface area contributed by atoms with Crippen molar-refractivity contribution in [3.05, 3.63) is 16.1 Å². The molecule has 1 fully saturated rings. The van der Waals surface area contributed by atoms with Gasteiger partial charge in [-0.15, -0.1) is 11.3 Å². The Kier molecular flexibility index (Phi) is 3.36. The molecule has 3 nitrogen and oxygen atoms in total. The molecule has 0 spiro atoms. The Hall–Kier alpha value is -0.900. The van der Waals surface area contributed by atoms with E-state index in [4.69, 9.17) is 0 Å². The molecule has 82 valence electrons. The summed E-state index contributed by atoms with van der Waals surface area (Å²) in [6, 6.07) is 0. The van der Waals surface area contributed by atoms with Gasteiger partial charge in [-0.25, -0.2) is 4.98 Å². The van der Waals surface area contributed by atoms with Gasteiger partial charge in [0.1, 0.15) is 0 Å². The SMILES string of the molecule is Cc1csc(CCC(=O)N2CCCC2)n1. The standard InChI is InChI=1S/C11H16N2OS/c1-9-8-15-10(12-9)4-5-11(14)13-6-2-3-7-13/h8H,2-7H2,1H3. The highest BCUT2D eigenvalue weighted by Gasteiger charge is 2.17. The summed E-state index contributed by atoms with van der Waals surface area (Å²) in [6.45, 7) is 3.90. The van der Waals surface area contributed by atoms with Crippen LogP contribution in [0, 0.1) is 6.92 Å².